The summed E-state index contributed by atoms with van der Waals surface area (Å²) in [5, 5.41) is 2.26. The van der Waals surface area contributed by atoms with Gasteiger partial charge in [0.15, 0.2) is 0 Å². The molecule has 0 atom stereocenters. The van der Waals surface area contributed by atoms with Crippen molar-refractivity contribution in [1.82, 2.24) is 4.72 Å². The fraction of sp³-hybridized carbons (Fsp3) is 0.353. The molecule has 2 aromatic carbocycles. The van der Waals surface area contributed by atoms with Crippen LogP contribution in [0.4, 0.5) is 5.69 Å². The monoisotopic (exact) mass is 300 g/mol. The maximum absolute atomic E-state index is 12.4. The van der Waals surface area contributed by atoms with E-state index in [9.17, 15) is 4.79 Å². The molecule has 4 heteroatoms. The molecule has 0 radical (unpaired) electrons. The number of hydrogen-bond donors (Lipinski definition) is 1. The second kappa shape index (κ2) is 5.70. The van der Waals surface area contributed by atoms with Gasteiger partial charge in [0.2, 0.25) is 0 Å². The molecule has 1 aliphatic rings. The number of hydrogen-bond acceptors (Lipinski definition) is 3. The molecule has 3 nitrogen and oxygen atoms in total. The Kier molecular flexibility index (Phi) is 3.91. The van der Waals surface area contributed by atoms with Crippen LogP contribution in [0.1, 0.15) is 31.1 Å². The SMILES string of the molecule is CCN1C(=O)c2cccc3c(SNCC(C)C)ccc1c23. The second-order valence-corrected chi connectivity index (χ2v) is 6.64. The number of amides is 1. The number of benzene rings is 2. The predicted octanol–water partition coefficient (Wildman–Crippen LogP) is 4.07. The highest BCUT2D eigenvalue weighted by atomic mass is 32.2. The van der Waals surface area contributed by atoms with Gasteiger partial charge >= 0.3 is 0 Å². The van der Waals surface area contributed by atoms with Gasteiger partial charge in [0.05, 0.1) is 5.69 Å². The van der Waals surface area contributed by atoms with Crippen molar-refractivity contribution in [2.24, 2.45) is 5.92 Å². The van der Waals surface area contributed by atoms with E-state index < -0.39 is 0 Å². The first-order chi connectivity index (χ1) is 10.1. The summed E-state index contributed by atoms with van der Waals surface area (Å²) in [7, 11) is 0. The first kappa shape index (κ1) is 14.4. The van der Waals surface area contributed by atoms with Crippen molar-refractivity contribution in [3.8, 4) is 0 Å². The molecule has 3 rings (SSSR count). The highest BCUT2D eigenvalue weighted by Crippen LogP contribution is 2.40. The van der Waals surface area contributed by atoms with Gasteiger partial charge in [-0.25, -0.2) is 0 Å². The molecule has 0 saturated heterocycles. The molecule has 0 bridgehead atoms. The minimum atomic E-state index is 0.121. The van der Waals surface area contributed by atoms with Crippen LogP contribution in [0.3, 0.4) is 0 Å². The molecule has 21 heavy (non-hydrogen) atoms. The standard InChI is InChI=1S/C17H20N2OS/c1-4-19-14-8-9-15(21-18-10-11(2)3)12-6-5-7-13(16(12)14)17(19)20/h5-9,11,18H,4,10H2,1-3H3. The highest BCUT2D eigenvalue weighted by molar-refractivity contribution is 7.97. The molecule has 0 saturated carbocycles. The Balaban J connectivity index is 2.03. The molecular formula is C17H20N2OS. The van der Waals surface area contributed by atoms with Crippen LogP contribution >= 0.6 is 11.9 Å². The molecule has 0 fully saturated rings. The van der Waals surface area contributed by atoms with E-state index in [1.54, 1.807) is 11.9 Å². The fourth-order valence-corrected chi connectivity index (χ4v) is 3.70. The lowest BCUT2D eigenvalue weighted by Crippen LogP contribution is -2.25. The topological polar surface area (TPSA) is 32.3 Å². The van der Waals surface area contributed by atoms with Gasteiger partial charge in [-0.05, 0) is 48.4 Å². The first-order valence-corrected chi connectivity index (χ1v) is 8.22. The zero-order chi connectivity index (χ0) is 15.0. The molecule has 0 unspecified atom stereocenters. The van der Waals surface area contributed by atoms with Gasteiger partial charge in [-0.3, -0.25) is 9.52 Å². The minimum absolute atomic E-state index is 0.121. The van der Waals surface area contributed by atoms with E-state index in [0.717, 1.165) is 28.6 Å². The number of nitrogens with zero attached hydrogens (tertiary/aromatic N) is 1. The van der Waals surface area contributed by atoms with Gasteiger partial charge in [-0.1, -0.05) is 26.0 Å². The van der Waals surface area contributed by atoms with Crippen LogP contribution in [0.15, 0.2) is 35.2 Å². The highest BCUT2D eigenvalue weighted by Gasteiger charge is 2.29. The van der Waals surface area contributed by atoms with Crippen molar-refractivity contribution in [3.05, 3.63) is 35.9 Å². The Morgan fingerprint density at radius 3 is 2.76 bits per heavy atom. The number of carbonyl (C=O) groups excluding carboxylic acids is 1. The number of nitrogens with one attached hydrogen (secondary N) is 1. The molecule has 0 aromatic heterocycles. The quantitative estimate of drug-likeness (QED) is 0.845. The molecule has 1 aliphatic heterocycles. The van der Waals surface area contributed by atoms with Gasteiger partial charge in [0.25, 0.3) is 5.91 Å². The molecule has 110 valence electrons. The lowest BCUT2D eigenvalue weighted by molar-refractivity contribution is 0.0994. The molecular weight excluding hydrogens is 280 g/mol. The second-order valence-electron chi connectivity index (χ2n) is 5.70. The summed E-state index contributed by atoms with van der Waals surface area (Å²) in [5.74, 6) is 0.738. The van der Waals surface area contributed by atoms with Crippen LogP contribution in [-0.4, -0.2) is 19.0 Å². The maximum atomic E-state index is 12.4. The van der Waals surface area contributed by atoms with E-state index in [2.05, 4.69) is 36.8 Å². The Bertz CT molecular complexity index is 696. The number of anilines is 1. The lowest BCUT2D eigenvalue weighted by atomic mass is 10.1. The van der Waals surface area contributed by atoms with Crippen molar-refractivity contribution in [2.45, 2.75) is 25.7 Å². The van der Waals surface area contributed by atoms with Crippen LogP contribution in [0.2, 0.25) is 0 Å². The molecule has 0 spiro atoms. The summed E-state index contributed by atoms with van der Waals surface area (Å²) >= 11 is 1.65. The Labute approximate surface area is 129 Å². The van der Waals surface area contributed by atoms with Crippen molar-refractivity contribution in [2.75, 3.05) is 18.0 Å². The molecule has 2 aromatic rings. The van der Waals surface area contributed by atoms with E-state index in [1.165, 1.54) is 4.90 Å². The molecule has 0 aliphatic carbocycles. The zero-order valence-corrected chi connectivity index (χ0v) is 13.5. The normalized spacial score (nSPS) is 13.7. The number of carbonyl (C=O) groups is 1. The van der Waals surface area contributed by atoms with Crippen LogP contribution < -0.4 is 9.62 Å². The van der Waals surface area contributed by atoms with Gasteiger partial charge in [0, 0.05) is 28.9 Å². The van der Waals surface area contributed by atoms with Crippen LogP contribution in [-0.2, 0) is 0 Å². The number of rotatable bonds is 5. The zero-order valence-electron chi connectivity index (χ0n) is 12.6. The fourth-order valence-electron chi connectivity index (χ4n) is 2.71. The summed E-state index contributed by atoms with van der Waals surface area (Å²) in [6.07, 6.45) is 0. The largest absolute Gasteiger partial charge is 0.308 e. The van der Waals surface area contributed by atoms with Crippen molar-refractivity contribution in [1.29, 1.82) is 0 Å². The summed E-state index contributed by atoms with van der Waals surface area (Å²) in [4.78, 5) is 15.5. The summed E-state index contributed by atoms with van der Waals surface area (Å²) in [6, 6.07) is 10.2. The Morgan fingerprint density at radius 2 is 2.05 bits per heavy atom. The van der Waals surface area contributed by atoms with Crippen LogP contribution in [0.25, 0.3) is 10.8 Å². The lowest BCUT2D eigenvalue weighted by Gasteiger charge is -2.15. The third kappa shape index (κ3) is 2.43. The molecule has 1 heterocycles. The van der Waals surface area contributed by atoms with Crippen LogP contribution in [0.5, 0.6) is 0 Å². The Hall–Kier alpha value is -1.52. The summed E-state index contributed by atoms with van der Waals surface area (Å²) in [6.45, 7) is 8.08. The van der Waals surface area contributed by atoms with E-state index in [4.69, 9.17) is 0 Å². The van der Waals surface area contributed by atoms with E-state index in [0.29, 0.717) is 12.5 Å². The minimum Gasteiger partial charge on any atom is -0.308 e. The van der Waals surface area contributed by atoms with Gasteiger partial charge in [-0.2, -0.15) is 0 Å². The third-order valence-electron chi connectivity index (χ3n) is 3.73. The predicted molar refractivity (Wildman–Crippen MR) is 90.0 cm³/mol. The van der Waals surface area contributed by atoms with E-state index in [1.807, 2.05) is 24.0 Å². The van der Waals surface area contributed by atoms with E-state index in [-0.39, 0.29) is 5.91 Å². The third-order valence-corrected chi connectivity index (χ3v) is 4.62. The van der Waals surface area contributed by atoms with E-state index >= 15 is 0 Å². The Morgan fingerprint density at radius 1 is 1.24 bits per heavy atom. The average Bonchev–Trinajstić information content (AvgIpc) is 2.75. The maximum Gasteiger partial charge on any atom is 0.258 e. The van der Waals surface area contributed by atoms with Gasteiger partial charge in [-0.15, -0.1) is 0 Å². The van der Waals surface area contributed by atoms with Gasteiger partial charge in [0.1, 0.15) is 0 Å². The van der Waals surface area contributed by atoms with Crippen molar-refractivity contribution >= 4 is 34.3 Å². The van der Waals surface area contributed by atoms with Crippen molar-refractivity contribution in [3.63, 3.8) is 0 Å². The smallest absolute Gasteiger partial charge is 0.258 e. The van der Waals surface area contributed by atoms with Gasteiger partial charge < -0.3 is 4.90 Å². The summed E-state index contributed by atoms with van der Waals surface area (Å²) in [5.41, 5.74) is 1.87. The van der Waals surface area contributed by atoms with Crippen LogP contribution in [0, 0.1) is 5.92 Å². The summed E-state index contributed by atoms with van der Waals surface area (Å²) < 4.78 is 3.41. The van der Waals surface area contributed by atoms with Crippen molar-refractivity contribution < 1.29 is 4.79 Å². The first-order valence-electron chi connectivity index (χ1n) is 7.40. The molecule has 1 amide bonds. The average molecular weight is 300 g/mol. The molecule has 1 N–H and O–H groups in total.